The van der Waals surface area contributed by atoms with Gasteiger partial charge in [-0.3, -0.25) is 9.69 Å². The van der Waals surface area contributed by atoms with E-state index in [1.165, 1.54) is 6.07 Å². The number of carboxylic acids is 1. The molecule has 1 aliphatic rings. The number of pyridine rings is 1. The number of carbonyl (C=O) groups excluding carboxylic acids is 1. The molecule has 2 N–H and O–H groups in total. The third kappa shape index (κ3) is 5.82. The van der Waals surface area contributed by atoms with Gasteiger partial charge < -0.3 is 24.5 Å². The van der Waals surface area contributed by atoms with Crippen LogP contribution in [0.2, 0.25) is 0 Å². The van der Waals surface area contributed by atoms with Gasteiger partial charge in [0.05, 0.1) is 17.4 Å². The zero-order valence-corrected chi connectivity index (χ0v) is 23.1. The topological polar surface area (TPSA) is 108 Å². The van der Waals surface area contributed by atoms with Crippen LogP contribution in [0.4, 0.5) is 11.5 Å². The first kappa shape index (κ1) is 27.0. The van der Waals surface area contributed by atoms with Crippen LogP contribution >= 0.6 is 0 Å². The first-order valence-corrected chi connectivity index (χ1v) is 13.7. The molecular formula is C33H30N4O5. The SMILES string of the molecule is Cc1c(C(=O)Nc2ccc(N3CCN(COc4cccc(C(=O)O)c4)CC3)nc2)oc2ccc(-c3ccccc3)cc12. The number of carbonyl (C=O) groups is 2. The highest BCUT2D eigenvalue weighted by Gasteiger charge is 2.21. The lowest BCUT2D eigenvalue weighted by atomic mass is 10.0. The number of ether oxygens (including phenoxy) is 1. The lowest BCUT2D eigenvalue weighted by Gasteiger charge is -2.35. The van der Waals surface area contributed by atoms with Crippen LogP contribution < -0.4 is 15.0 Å². The lowest BCUT2D eigenvalue weighted by Crippen LogP contribution is -2.47. The summed E-state index contributed by atoms with van der Waals surface area (Å²) in [6.07, 6.45) is 1.66. The molecule has 3 aromatic carbocycles. The van der Waals surface area contributed by atoms with Gasteiger partial charge in [0.25, 0.3) is 5.91 Å². The third-order valence-corrected chi connectivity index (χ3v) is 7.45. The molecule has 0 spiro atoms. The van der Waals surface area contributed by atoms with Crippen LogP contribution in [0.5, 0.6) is 5.75 Å². The summed E-state index contributed by atoms with van der Waals surface area (Å²) < 4.78 is 11.7. The number of piperazine rings is 1. The van der Waals surface area contributed by atoms with Crippen molar-refractivity contribution in [1.29, 1.82) is 0 Å². The molecule has 3 heterocycles. The molecule has 0 atom stereocenters. The smallest absolute Gasteiger partial charge is 0.335 e. The van der Waals surface area contributed by atoms with Crippen molar-refractivity contribution >= 4 is 34.4 Å². The summed E-state index contributed by atoms with van der Waals surface area (Å²) in [5.74, 6) is 0.353. The van der Waals surface area contributed by atoms with E-state index in [-0.39, 0.29) is 17.2 Å². The second-order valence-electron chi connectivity index (χ2n) is 10.2. The predicted molar refractivity (Wildman–Crippen MR) is 161 cm³/mol. The van der Waals surface area contributed by atoms with Crippen LogP contribution in [0.25, 0.3) is 22.1 Å². The molecule has 0 saturated carbocycles. The van der Waals surface area contributed by atoms with E-state index in [2.05, 4.69) is 38.3 Å². The zero-order chi connectivity index (χ0) is 29.1. The van der Waals surface area contributed by atoms with E-state index in [1.54, 1.807) is 24.4 Å². The number of rotatable bonds is 8. The number of benzene rings is 3. The highest BCUT2D eigenvalue weighted by molar-refractivity contribution is 6.06. The van der Waals surface area contributed by atoms with Crippen molar-refractivity contribution in [2.24, 2.45) is 0 Å². The van der Waals surface area contributed by atoms with Gasteiger partial charge in [0.1, 0.15) is 23.9 Å². The number of nitrogens with one attached hydrogen (secondary N) is 1. The minimum absolute atomic E-state index is 0.202. The van der Waals surface area contributed by atoms with E-state index in [0.717, 1.165) is 54.1 Å². The minimum Gasteiger partial charge on any atom is -0.478 e. The largest absolute Gasteiger partial charge is 0.478 e. The van der Waals surface area contributed by atoms with Crippen LogP contribution in [0.3, 0.4) is 0 Å². The van der Waals surface area contributed by atoms with E-state index >= 15 is 0 Å². The molecule has 1 saturated heterocycles. The van der Waals surface area contributed by atoms with E-state index in [9.17, 15) is 9.59 Å². The Morgan fingerprint density at radius 3 is 2.48 bits per heavy atom. The zero-order valence-electron chi connectivity index (χ0n) is 23.1. The Kier molecular flexibility index (Phi) is 7.57. The maximum Gasteiger partial charge on any atom is 0.335 e. The molecule has 212 valence electrons. The summed E-state index contributed by atoms with van der Waals surface area (Å²) in [5.41, 5.74) is 4.43. The Hall–Kier alpha value is -5.15. The van der Waals surface area contributed by atoms with Crippen molar-refractivity contribution in [1.82, 2.24) is 9.88 Å². The fourth-order valence-electron chi connectivity index (χ4n) is 5.07. The van der Waals surface area contributed by atoms with Crippen molar-refractivity contribution < 1.29 is 23.8 Å². The Morgan fingerprint density at radius 2 is 1.74 bits per heavy atom. The lowest BCUT2D eigenvalue weighted by molar-refractivity contribution is 0.0695. The summed E-state index contributed by atoms with van der Waals surface area (Å²) >= 11 is 0. The van der Waals surface area contributed by atoms with Gasteiger partial charge in [0.15, 0.2) is 5.76 Å². The third-order valence-electron chi connectivity index (χ3n) is 7.45. The molecule has 1 fully saturated rings. The van der Waals surface area contributed by atoms with Gasteiger partial charge >= 0.3 is 5.97 Å². The molecule has 9 heteroatoms. The molecule has 1 aliphatic heterocycles. The molecule has 5 aromatic rings. The van der Waals surface area contributed by atoms with Gasteiger partial charge in [0, 0.05) is 37.1 Å². The van der Waals surface area contributed by atoms with Gasteiger partial charge in [-0.1, -0.05) is 42.5 Å². The number of aromatic carboxylic acids is 1. The number of fused-ring (bicyclic) bond motifs is 1. The molecule has 6 rings (SSSR count). The number of aryl methyl sites for hydroxylation is 1. The molecule has 0 radical (unpaired) electrons. The van der Waals surface area contributed by atoms with Crippen molar-refractivity contribution in [2.75, 3.05) is 43.1 Å². The Bertz CT molecular complexity index is 1730. The maximum absolute atomic E-state index is 13.1. The van der Waals surface area contributed by atoms with Crippen LogP contribution in [0, 0.1) is 6.92 Å². The first-order valence-electron chi connectivity index (χ1n) is 13.7. The molecular weight excluding hydrogens is 532 g/mol. The quantitative estimate of drug-likeness (QED) is 0.240. The molecule has 0 aliphatic carbocycles. The highest BCUT2D eigenvalue weighted by Crippen LogP contribution is 2.31. The van der Waals surface area contributed by atoms with Gasteiger partial charge in [-0.05, 0) is 60.5 Å². The summed E-state index contributed by atoms with van der Waals surface area (Å²) in [6.45, 7) is 5.35. The predicted octanol–water partition coefficient (Wildman–Crippen LogP) is 5.91. The fraction of sp³-hybridized carbons (Fsp3) is 0.182. The normalized spacial score (nSPS) is 13.7. The number of amides is 1. The van der Waals surface area contributed by atoms with E-state index in [4.69, 9.17) is 14.3 Å². The van der Waals surface area contributed by atoms with Crippen LogP contribution in [-0.2, 0) is 0 Å². The Balaban J connectivity index is 1.04. The number of furan rings is 1. The van der Waals surface area contributed by atoms with Crippen molar-refractivity contribution in [3.63, 3.8) is 0 Å². The average Bonchev–Trinajstić information content (AvgIpc) is 3.37. The van der Waals surface area contributed by atoms with Crippen LogP contribution in [0.15, 0.2) is 95.5 Å². The first-order chi connectivity index (χ1) is 20.4. The van der Waals surface area contributed by atoms with Gasteiger partial charge in [-0.15, -0.1) is 0 Å². The van der Waals surface area contributed by atoms with E-state index in [0.29, 0.717) is 23.8 Å². The molecule has 0 bridgehead atoms. The van der Waals surface area contributed by atoms with Gasteiger partial charge in [-0.2, -0.15) is 0 Å². The van der Waals surface area contributed by atoms with E-state index in [1.807, 2.05) is 49.4 Å². The van der Waals surface area contributed by atoms with Crippen molar-refractivity contribution in [3.05, 3.63) is 108 Å². The number of nitrogens with zero attached hydrogens (tertiary/aromatic N) is 3. The maximum atomic E-state index is 13.1. The molecule has 2 aromatic heterocycles. The number of carboxylic acid groups (broad SMARTS) is 1. The van der Waals surface area contributed by atoms with Crippen molar-refractivity contribution in [3.8, 4) is 16.9 Å². The molecule has 42 heavy (non-hydrogen) atoms. The summed E-state index contributed by atoms with van der Waals surface area (Å²) in [5, 5.41) is 13.0. The Labute approximate surface area is 243 Å². The summed E-state index contributed by atoms with van der Waals surface area (Å²) in [4.78, 5) is 33.2. The molecule has 9 nitrogen and oxygen atoms in total. The second-order valence-corrected chi connectivity index (χ2v) is 10.2. The summed E-state index contributed by atoms with van der Waals surface area (Å²) in [7, 11) is 0. The standard InChI is InChI=1S/C33H30N4O5/c1-22-28-19-24(23-6-3-2-4-7-23)10-12-29(28)42-31(22)32(38)35-26-11-13-30(34-20-26)37-16-14-36(15-17-37)21-41-27-9-5-8-25(18-27)33(39)40/h2-13,18-20H,14-17,21H2,1H3,(H,35,38)(H,39,40). The van der Waals surface area contributed by atoms with Gasteiger partial charge in [-0.25, -0.2) is 9.78 Å². The molecule has 0 unspecified atom stereocenters. The van der Waals surface area contributed by atoms with Crippen molar-refractivity contribution in [2.45, 2.75) is 6.92 Å². The number of anilines is 2. The fourth-order valence-corrected chi connectivity index (χ4v) is 5.07. The summed E-state index contributed by atoms with van der Waals surface area (Å²) in [6, 6.07) is 26.3. The molecule has 1 amide bonds. The Morgan fingerprint density at radius 1 is 0.929 bits per heavy atom. The number of aromatic nitrogens is 1. The van der Waals surface area contributed by atoms with Crippen LogP contribution in [0.1, 0.15) is 26.5 Å². The average molecular weight is 563 g/mol. The number of hydrogen-bond donors (Lipinski definition) is 2. The van der Waals surface area contributed by atoms with Gasteiger partial charge in [0.2, 0.25) is 0 Å². The second kappa shape index (κ2) is 11.8. The van der Waals surface area contributed by atoms with E-state index < -0.39 is 5.97 Å². The highest BCUT2D eigenvalue weighted by atomic mass is 16.5. The monoisotopic (exact) mass is 562 g/mol. The van der Waals surface area contributed by atoms with Crippen LogP contribution in [-0.4, -0.2) is 59.8 Å². The minimum atomic E-state index is -0.977. The number of hydrogen-bond acceptors (Lipinski definition) is 7.